The number of carbonyl (C=O) groups is 1. The van der Waals surface area contributed by atoms with Gasteiger partial charge in [-0.05, 0) is 44.2 Å². The summed E-state index contributed by atoms with van der Waals surface area (Å²) in [5, 5.41) is 7.66. The molecule has 1 aliphatic rings. The summed E-state index contributed by atoms with van der Waals surface area (Å²) in [6, 6.07) is 8.17. The Morgan fingerprint density at radius 3 is 2.60 bits per heavy atom. The number of alkyl halides is 3. The minimum atomic E-state index is -4.66. The fourth-order valence-electron chi connectivity index (χ4n) is 3.28. The van der Waals surface area contributed by atoms with E-state index in [4.69, 9.17) is 11.6 Å². The van der Waals surface area contributed by atoms with Gasteiger partial charge in [0, 0.05) is 11.9 Å². The van der Waals surface area contributed by atoms with E-state index in [1.165, 1.54) is 17.2 Å². The van der Waals surface area contributed by atoms with Crippen molar-refractivity contribution in [1.29, 1.82) is 0 Å². The monoisotopic (exact) mass is 433 g/mol. The van der Waals surface area contributed by atoms with Gasteiger partial charge in [0.25, 0.3) is 5.91 Å². The highest BCUT2D eigenvalue weighted by Gasteiger charge is 2.36. The lowest BCUT2D eigenvalue weighted by Crippen LogP contribution is -2.31. The van der Waals surface area contributed by atoms with Gasteiger partial charge in [-0.3, -0.25) is 4.79 Å². The van der Waals surface area contributed by atoms with E-state index in [-0.39, 0.29) is 5.56 Å². The quantitative estimate of drug-likeness (QED) is 0.580. The Labute approximate surface area is 174 Å². The number of pyridine rings is 1. The predicted octanol–water partition coefficient (Wildman–Crippen LogP) is 4.83. The van der Waals surface area contributed by atoms with Gasteiger partial charge in [0.2, 0.25) is 0 Å². The van der Waals surface area contributed by atoms with E-state index in [0.29, 0.717) is 17.2 Å². The SMILES string of the molecule is Cc1cccc(-n2nnc3c2C=CN(C(=O)c2cccc(C(F)(F)F)c2Cl)C3C)n1. The Balaban J connectivity index is 1.70. The number of aromatic nitrogens is 4. The topological polar surface area (TPSA) is 63.9 Å². The van der Waals surface area contributed by atoms with Crippen LogP contribution < -0.4 is 0 Å². The molecule has 154 valence electrons. The molecule has 0 N–H and O–H groups in total. The first-order chi connectivity index (χ1) is 14.2. The standard InChI is InChI=1S/C20H15ClF3N5O/c1-11-5-3-8-16(25-11)29-15-9-10-28(12(2)18(15)26-27-29)19(30)13-6-4-7-14(17(13)21)20(22,23)24/h3-10,12H,1-2H3. The summed E-state index contributed by atoms with van der Waals surface area (Å²) in [6.07, 6.45) is -1.55. The minimum Gasteiger partial charge on any atom is -0.306 e. The summed E-state index contributed by atoms with van der Waals surface area (Å²) in [7, 11) is 0. The molecule has 0 saturated heterocycles. The normalized spacial score (nSPS) is 15.9. The lowest BCUT2D eigenvalue weighted by Gasteiger charge is -2.28. The zero-order chi connectivity index (χ0) is 21.6. The van der Waals surface area contributed by atoms with Crippen LogP contribution in [0, 0.1) is 6.92 Å². The lowest BCUT2D eigenvalue weighted by molar-refractivity contribution is -0.137. The van der Waals surface area contributed by atoms with Crippen LogP contribution in [0.4, 0.5) is 13.2 Å². The molecule has 1 amide bonds. The van der Waals surface area contributed by atoms with Crippen molar-refractivity contribution >= 4 is 23.6 Å². The molecule has 3 aromatic rings. The molecule has 2 aromatic heterocycles. The number of nitrogens with zero attached hydrogens (tertiary/aromatic N) is 5. The van der Waals surface area contributed by atoms with E-state index in [1.54, 1.807) is 23.7 Å². The third-order valence-electron chi connectivity index (χ3n) is 4.80. The maximum atomic E-state index is 13.2. The van der Waals surface area contributed by atoms with Crippen LogP contribution in [0.3, 0.4) is 0 Å². The molecule has 1 unspecified atom stereocenters. The van der Waals surface area contributed by atoms with Crippen LogP contribution in [0.2, 0.25) is 5.02 Å². The second-order valence-corrected chi connectivity index (χ2v) is 7.16. The fraction of sp³-hybridized carbons (Fsp3) is 0.200. The van der Waals surface area contributed by atoms with E-state index >= 15 is 0 Å². The number of halogens is 4. The van der Waals surface area contributed by atoms with Crippen molar-refractivity contribution in [3.05, 3.63) is 75.8 Å². The van der Waals surface area contributed by atoms with Gasteiger partial charge in [0.1, 0.15) is 5.69 Å². The first-order valence-corrected chi connectivity index (χ1v) is 9.32. The van der Waals surface area contributed by atoms with Crippen molar-refractivity contribution in [2.24, 2.45) is 0 Å². The number of rotatable bonds is 2. The number of benzene rings is 1. The molecule has 30 heavy (non-hydrogen) atoms. The van der Waals surface area contributed by atoms with E-state index in [1.807, 2.05) is 19.1 Å². The highest BCUT2D eigenvalue weighted by atomic mass is 35.5. The molecule has 3 heterocycles. The number of amides is 1. The van der Waals surface area contributed by atoms with Crippen LogP contribution in [-0.2, 0) is 6.18 Å². The van der Waals surface area contributed by atoms with Crippen molar-refractivity contribution < 1.29 is 18.0 Å². The summed E-state index contributed by atoms with van der Waals surface area (Å²) >= 11 is 5.92. The smallest absolute Gasteiger partial charge is 0.306 e. The lowest BCUT2D eigenvalue weighted by atomic mass is 10.0. The Hall–Kier alpha value is -3.20. The van der Waals surface area contributed by atoms with E-state index in [2.05, 4.69) is 15.3 Å². The van der Waals surface area contributed by atoms with Crippen LogP contribution in [-0.4, -0.2) is 30.8 Å². The molecule has 1 aliphatic heterocycles. The van der Waals surface area contributed by atoms with E-state index in [9.17, 15) is 18.0 Å². The van der Waals surface area contributed by atoms with Gasteiger partial charge in [-0.2, -0.15) is 17.9 Å². The maximum absolute atomic E-state index is 13.2. The van der Waals surface area contributed by atoms with Gasteiger partial charge in [-0.25, -0.2) is 4.98 Å². The molecular weight excluding hydrogens is 419 g/mol. The second-order valence-electron chi connectivity index (χ2n) is 6.78. The molecule has 6 nitrogen and oxygen atoms in total. The van der Waals surface area contributed by atoms with Crippen LogP contribution in [0.25, 0.3) is 11.9 Å². The third kappa shape index (κ3) is 3.35. The van der Waals surface area contributed by atoms with Crippen molar-refractivity contribution in [3.8, 4) is 5.82 Å². The van der Waals surface area contributed by atoms with Gasteiger partial charge in [0.15, 0.2) is 5.82 Å². The van der Waals surface area contributed by atoms with E-state index in [0.717, 1.165) is 17.8 Å². The summed E-state index contributed by atoms with van der Waals surface area (Å²) in [5.41, 5.74) is 0.651. The van der Waals surface area contributed by atoms with Gasteiger partial charge >= 0.3 is 6.18 Å². The fourth-order valence-corrected chi connectivity index (χ4v) is 3.59. The van der Waals surface area contributed by atoms with Crippen LogP contribution in [0.1, 0.15) is 46.0 Å². The Bertz CT molecular complexity index is 1170. The maximum Gasteiger partial charge on any atom is 0.417 e. The summed E-state index contributed by atoms with van der Waals surface area (Å²) in [6.45, 7) is 3.56. The average Bonchev–Trinajstić information content (AvgIpc) is 3.12. The largest absolute Gasteiger partial charge is 0.417 e. The van der Waals surface area contributed by atoms with Crippen LogP contribution in [0.15, 0.2) is 42.6 Å². The zero-order valence-corrected chi connectivity index (χ0v) is 16.6. The molecular formula is C20H15ClF3N5O. The average molecular weight is 434 g/mol. The van der Waals surface area contributed by atoms with Crippen molar-refractivity contribution in [1.82, 2.24) is 24.9 Å². The molecule has 10 heteroatoms. The highest BCUT2D eigenvalue weighted by Crippen LogP contribution is 2.38. The second kappa shape index (κ2) is 7.24. The molecule has 0 saturated carbocycles. The molecule has 1 aromatic carbocycles. The Kier molecular flexibility index (Phi) is 4.85. The Morgan fingerprint density at radius 2 is 1.90 bits per heavy atom. The minimum absolute atomic E-state index is 0.237. The summed E-state index contributed by atoms with van der Waals surface area (Å²) < 4.78 is 41.0. The predicted molar refractivity (Wildman–Crippen MR) is 104 cm³/mol. The Morgan fingerprint density at radius 1 is 1.17 bits per heavy atom. The van der Waals surface area contributed by atoms with Gasteiger partial charge in [-0.1, -0.05) is 28.9 Å². The van der Waals surface area contributed by atoms with E-state index < -0.39 is 28.7 Å². The molecule has 0 spiro atoms. The third-order valence-corrected chi connectivity index (χ3v) is 5.21. The molecule has 4 rings (SSSR count). The molecule has 0 radical (unpaired) electrons. The van der Waals surface area contributed by atoms with Gasteiger partial charge in [-0.15, -0.1) is 5.10 Å². The van der Waals surface area contributed by atoms with Crippen molar-refractivity contribution in [2.45, 2.75) is 26.1 Å². The van der Waals surface area contributed by atoms with Crippen molar-refractivity contribution in [3.63, 3.8) is 0 Å². The number of fused-ring (bicyclic) bond motifs is 1. The van der Waals surface area contributed by atoms with Gasteiger partial charge in [0.05, 0.1) is 27.9 Å². The van der Waals surface area contributed by atoms with Crippen molar-refractivity contribution in [2.75, 3.05) is 0 Å². The number of hydrogen-bond acceptors (Lipinski definition) is 4. The molecule has 1 atom stereocenters. The molecule has 0 aliphatic carbocycles. The first kappa shape index (κ1) is 20.1. The summed E-state index contributed by atoms with van der Waals surface area (Å²) in [5.74, 6) is -0.0926. The molecule has 0 fully saturated rings. The number of carbonyl (C=O) groups excluding carboxylic acids is 1. The number of aryl methyl sites for hydroxylation is 1. The zero-order valence-electron chi connectivity index (χ0n) is 15.9. The highest BCUT2D eigenvalue weighted by molar-refractivity contribution is 6.34. The molecule has 0 bridgehead atoms. The number of hydrogen-bond donors (Lipinski definition) is 0. The van der Waals surface area contributed by atoms with Gasteiger partial charge < -0.3 is 4.90 Å². The van der Waals surface area contributed by atoms with Crippen LogP contribution >= 0.6 is 11.6 Å². The first-order valence-electron chi connectivity index (χ1n) is 8.94. The summed E-state index contributed by atoms with van der Waals surface area (Å²) in [4.78, 5) is 18.7. The van der Waals surface area contributed by atoms with Crippen LogP contribution in [0.5, 0.6) is 0 Å².